The van der Waals surface area contributed by atoms with Crippen molar-refractivity contribution in [3.63, 3.8) is 0 Å². The fourth-order valence-electron chi connectivity index (χ4n) is 3.90. The maximum atomic E-state index is 13.0. The number of hydrogen-bond donors (Lipinski definition) is 0. The highest BCUT2D eigenvalue weighted by atomic mass is 16.2. The third kappa shape index (κ3) is 2.66. The number of Topliss-reactive ketones (excluding diaryl/α,β-unsaturated/α-hetero) is 2. The van der Waals surface area contributed by atoms with Crippen LogP contribution in [0.4, 0.5) is 0 Å². The van der Waals surface area contributed by atoms with E-state index >= 15 is 0 Å². The molecule has 2 aromatic rings. The van der Waals surface area contributed by atoms with Gasteiger partial charge in [-0.25, -0.2) is 0 Å². The minimum Gasteiger partial charge on any atom is -0.283 e. The molecule has 0 saturated heterocycles. The maximum Gasteiger partial charge on any atom is 0.252 e. The van der Waals surface area contributed by atoms with Gasteiger partial charge in [0.05, 0.1) is 0 Å². The molecule has 0 radical (unpaired) electrons. The molecule has 0 aliphatic carbocycles. The van der Waals surface area contributed by atoms with E-state index in [-0.39, 0.29) is 11.4 Å². The minimum absolute atomic E-state index is 0.0769. The highest BCUT2D eigenvalue weighted by Gasteiger charge is 2.31. The summed E-state index contributed by atoms with van der Waals surface area (Å²) >= 11 is 0. The summed E-state index contributed by atoms with van der Waals surface area (Å²) in [6.45, 7) is 10.8. The summed E-state index contributed by atoms with van der Waals surface area (Å²) in [6, 6.07) is 0. The molecule has 0 atom stereocenters. The number of carbonyl (C=O) groups excluding carboxylic acids is 4. The Morgan fingerprint density at radius 1 is 0.731 bits per heavy atom. The van der Waals surface area contributed by atoms with E-state index in [1.165, 1.54) is 9.13 Å². The van der Waals surface area contributed by atoms with E-state index in [2.05, 4.69) is 0 Å². The molecule has 0 amide bonds. The van der Waals surface area contributed by atoms with Gasteiger partial charge in [-0.2, -0.15) is 0 Å². The van der Waals surface area contributed by atoms with Gasteiger partial charge in [-0.1, -0.05) is 13.8 Å². The van der Waals surface area contributed by atoms with Gasteiger partial charge >= 0.3 is 0 Å². The van der Waals surface area contributed by atoms with Crippen molar-refractivity contribution in [2.75, 3.05) is 0 Å². The molecule has 0 unspecified atom stereocenters. The molecule has 0 fully saturated rings. The number of aromatic nitrogens is 2. The Morgan fingerprint density at radius 2 is 1.04 bits per heavy atom. The lowest BCUT2D eigenvalue weighted by Gasteiger charge is -2.06. The van der Waals surface area contributed by atoms with Gasteiger partial charge in [0.15, 0.2) is 0 Å². The van der Waals surface area contributed by atoms with Crippen LogP contribution < -0.4 is 0 Å². The molecule has 0 aliphatic rings. The van der Waals surface area contributed by atoms with Crippen LogP contribution in [0.15, 0.2) is 0 Å². The van der Waals surface area contributed by atoms with E-state index in [1.807, 2.05) is 13.8 Å². The lowest BCUT2D eigenvalue weighted by molar-refractivity contribution is 0.0808. The van der Waals surface area contributed by atoms with Crippen molar-refractivity contribution < 1.29 is 19.2 Å². The molecule has 2 heterocycles. The number of carbonyl (C=O) groups is 4. The Morgan fingerprint density at radius 3 is 1.27 bits per heavy atom. The molecule has 2 rings (SSSR count). The fourth-order valence-corrected chi connectivity index (χ4v) is 3.90. The molecule has 6 nitrogen and oxygen atoms in total. The summed E-state index contributed by atoms with van der Waals surface area (Å²) < 4.78 is 2.46. The van der Waals surface area contributed by atoms with Crippen LogP contribution in [-0.4, -0.2) is 33.5 Å². The average molecular weight is 356 g/mol. The molecule has 0 saturated carbocycles. The maximum absolute atomic E-state index is 13.0. The van der Waals surface area contributed by atoms with E-state index in [1.54, 1.807) is 27.7 Å². The highest BCUT2D eigenvalue weighted by Crippen LogP contribution is 2.26. The number of hydrogen-bond acceptors (Lipinski definition) is 4. The van der Waals surface area contributed by atoms with Crippen LogP contribution in [0.5, 0.6) is 0 Å². The zero-order valence-corrected chi connectivity index (χ0v) is 16.1. The quantitative estimate of drug-likeness (QED) is 0.434. The van der Waals surface area contributed by atoms with Gasteiger partial charge in [0.1, 0.15) is 11.4 Å². The van der Waals surface area contributed by atoms with Gasteiger partial charge in [-0.15, -0.1) is 0 Å². The van der Waals surface area contributed by atoms with Crippen molar-refractivity contribution in [1.29, 1.82) is 0 Å². The van der Waals surface area contributed by atoms with Crippen LogP contribution in [0.1, 0.15) is 68.5 Å². The molecule has 0 spiro atoms. The SMILES string of the molecule is CCc1c(C)c(C(=O)C(=O)c2c(C)c(CC)c(C)n2C=O)n(C=O)c1C. The Balaban J connectivity index is 2.69. The van der Waals surface area contributed by atoms with E-state index in [0.29, 0.717) is 48.2 Å². The van der Waals surface area contributed by atoms with Crippen LogP contribution in [0.3, 0.4) is 0 Å². The van der Waals surface area contributed by atoms with Crippen molar-refractivity contribution in [3.05, 3.63) is 45.0 Å². The first-order valence-corrected chi connectivity index (χ1v) is 8.66. The first-order chi connectivity index (χ1) is 12.3. The summed E-state index contributed by atoms with van der Waals surface area (Å²) in [4.78, 5) is 49.0. The lowest BCUT2D eigenvalue weighted by Crippen LogP contribution is -2.23. The van der Waals surface area contributed by atoms with Crippen molar-refractivity contribution in [2.45, 2.75) is 54.4 Å². The number of rotatable bonds is 7. The normalized spacial score (nSPS) is 10.8. The fraction of sp³-hybridized carbons (Fsp3) is 0.400. The van der Waals surface area contributed by atoms with Gasteiger partial charge in [-0.3, -0.25) is 28.3 Å². The van der Waals surface area contributed by atoms with Crippen molar-refractivity contribution in [3.8, 4) is 0 Å². The summed E-state index contributed by atoms with van der Waals surface area (Å²) in [5, 5.41) is 0. The third-order valence-electron chi connectivity index (χ3n) is 5.25. The smallest absolute Gasteiger partial charge is 0.252 e. The Bertz CT molecular complexity index is 852. The van der Waals surface area contributed by atoms with Crippen LogP contribution in [0, 0.1) is 27.7 Å². The van der Waals surface area contributed by atoms with E-state index < -0.39 is 11.6 Å². The second-order valence-corrected chi connectivity index (χ2v) is 6.39. The largest absolute Gasteiger partial charge is 0.283 e. The molecule has 0 aliphatic heterocycles. The standard InChI is InChI=1S/C20H24N2O4/c1-7-15-11(3)17(21(9-23)13(15)5)19(25)20(26)18-12(4)16(8-2)14(6)22(18)10-24/h9-10H,7-8H2,1-6H3. The minimum atomic E-state index is -0.774. The van der Waals surface area contributed by atoms with Gasteiger partial charge in [0.2, 0.25) is 12.8 Å². The summed E-state index contributed by atoms with van der Waals surface area (Å²) in [6.07, 6.45) is 2.40. The van der Waals surface area contributed by atoms with Crippen molar-refractivity contribution in [1.82, 2.24) is 9.13 Å². The molecular weight excluding hydrogens is 332 g/mol. The summed E-state index contributed by atoms with van der Waals surface area (Å²) in [7, 11) is 0. The van der Waals surface area contributed by atoms with Crippen molar-refractivity contribution >= 4 is 24.4 Å². The summed E-state index contributed by atoms with van der Waals surface area (Å²) in [5.74, 6) is -1.55. The van der Waals surface area contributed by atoms with Crippen molar-refractivity contribution in [2.24, 2.45) is 0 Å². The van der Waals surface area contributed by atoms with Crippen LogP contribution in [-0.2, 0) is 22.4 Å². The van der Waals surface area contributed by atoms with E-state index in [0.717, 1.165) is 11.1 Å². The third-order valence-corrected chi connectivity index (χ3v) is 5.25. The first-order valence-electron chi connectivity index (χ1n) is 8.66. The molecule has 2 aromatic heterocycles. The van der Waals surface area contributed by atoms with Gasteiger partial charge < -0.3 is 0 Å². The molecule has 0 bridgehead atoms. The highest BCUT2D eigenvalue weighted by molar-refractivity contribution is 6.49. The lowest BCUT2D eigenvalue weighted by atomic mass is 10.0. The molecule has 26 heavy (non-hydrogen) atoms. The topological polar surface area (TPSA) is 78.1 Å². The zero-order valence-electron chi connectivity index (χ0n) is 16.1. The van der Waals surface area contributed by atoms with Gasteiger partial charge in [0, 0.05) is 11.4 Å². The van der Waals surface area contributed by atoms with Gasteiger partial charge in [-0.05, 0) is 62.8 Å². The Labute approximate surface area is 152 Å². The predicted octanol–water partition coefficient (Wildman–Crippen LogP) is 2.79. The Hall–Kier alpha value is -2.76. The molecule has 0 N–H and O–H groups in total. The van der Waals surface area contributed by atoms with E-state index in [4.69, 9.17) is 0 Å². The first kappa shape index (κ1) is 19.6. The molecular formula is C20H24N2O4. The Kier molecular flexibility index (Phi) is 5.44. The molecule has 138 valence electrons. The van der Waals surface area contributed by atoms with Crippen LogP contribution in [0.25, 0.3) is 0 Å². The molecule has 0 aromatic carbocycles. The average Bonchev–Trinajstić information content (AvgIpc) is 3.01. The number of ketones is 2. The number of nitrogens with zero attached hydrogens (tertiary/aromatic N) is 2. The van der Waals surface area contributed by atoms with Crippen LogP contribution >= 0.6 is 0 Å². The van der Waals surface area contributed by atoms with Crippen LogP contribution in [0.2, 0.25) is 0 Å². The molecule has 6 heteroatoms. The zero-order chi connectivity index (χ0) is 19.8. The van der Waals surface area contributed by atoms with Gasteiger partial charge in [0.25, 0.3) is 11.6 Å². The second kappa shape index (κ2) is 7.23. The predicted molar refractivity (Wildman–Crippen MR) is 99.5 cm³/mol. The van der Waals surface area contributed by atoms with E-state index in [9.17, 15) is 19.2 Å². The second-order valence-electron chi connectivity index (χ2n) is 6.39. The summed E-state index contributed by atoms with van der Waals surface area (Å²) in [5.41, 5.74) is 4.48. The monoisotopic (exact) mass is 356 g/mol.